The van der Waals surface area contributed by atoms with Gasteiger partial charge in [0.25, 0.3) is 5.69 Å². The number of nitro groups is 1. The highest BCUT2D eigenvalue weighted by Gasteiger charge is 2.55. The molecule has 7 heteroatoms. The Morgan fingerprint density at radius 2 is 1.92 bits per heavy atom. The zero-order chi connectivity index (χ0) is 19.0. The first-order chi connectivity index (χ1) is 12.2. The maximum atomic E-state index is 13.5. The minimum Gasteiger partial charge on any atom is -0.258 e. The van der Waals surface area contributed by atoms with Crippen LogP contribution in [0.4, 0.5) is 5.69 Å². The summed E-state index contributed by atoms with van der Waals surface area (Å²) in [5, 5.41) is 11.4. The smallest absolute Gasteiger partial charge is 0.258 e. The topological polar surface area (TPSA) is 80.5 Å². The third-order valence-electron chi connectivity index (χ3n) is 5.97. The van der Waals surface area contributed by atoms with Crippen molar-refractivity contribution in [3.63, 3.8) is 0 Å². The third kappa shape index (κ3) is 3.18. The van der Waals surface area contributed by atoms with Crippen LogP contribution in [-0.2, 0) is 10.0 Å². The first-order valence-corrected chi connectivity index (χ1v) is 10.6. The number of para-hydroxylation sites is 1. The van der Waals surface area contributed by atoms with Crippen LogP contribution in [0.3, 0.4) is 0 Å². The van der Waals surface area contributed by atoms with Crippen LogP contribution >= 0.6 is 0 Å². The standard InChI is InChI=1S/C19H26N2O4S/c1-3-11-18(2)14-19(12-7-4-8-13-19)15-20(18)26(24,25)17-10-6-5-9-16(17)21(22)23/h3,5-6,9-10H,1,4,7-8,11-15H2,2H3. The summed E-state index contributed by atoms with van der Waals surface area (Å²) in [7, 11) is -3.98. The van der Waals surface area contributed by atoms with Gasteiger partial charge in [0, 0.05) is 18.2 Å². The molecule has 1 saturated heterocycles. The molecule has 1 atom stereocenters. The zero-order valence-electron chi connectivity index (χ0n) is 15.2. The van der Waals surface area contributed by atoms with E-state index in [1.165, 1.54) is 35.0 Å². The molecule has 0 radical (unpaired) electrons. The van der Waals surface area contributed by atoms with E-state index in [1.54, 1.807) is 6.08 Å². The third-order valence-corrected chi connectivity index (χ3v) is 8.02. The van der Waals surface area contributed by atoms with Crippen LogP contribution in [0.5, 0.6) is 0 Å². The van der Waals surface area contributed by atoms with Crippen molar-refractivity contribution in [2.45, 2.75) is 62.3 Å². The Labute approximate surface area is 155 Å². The van der Waals surface area contributed by atoms with Gasteiger partial charge in [-0.05, 0) is 44.1 Å². The van der Waals surface area contributed by atoms with Crippen molar-refractivity contribution < 1.29 is 13.3 Å². The van der Waals surface area contributed by atoms with E-state index in [1.807, 2.05) is 6.92 Å². The second-order valence-corrected chi connectivity index (χ2v) is 9.79. The lowest BCUT2D eigenvalue weighted by Crippen LogP contribution is -2.44. The molecule has 1 heterocycles. The molecule has 3 rings (SSSR count). The number of nitro benzene ring substituents is 1. The van der Waals surface area contributed by atoms with Gasteiger partial charge in [0.05, 0.1) is 4.92 Å². The van der Waals surface area contributed by atoms with Crippen molar-refractivity contribution in [2.24, 2.45) is 5.41 Å². The molecule has 2 fully saturated rings. The second kappa shape index (κ2) is 6.78. The number of benzene rings is 1. The number of hydrogen-bond acceptors (Lipinski definition) is 4. The van der Waals surface area contributed by atoms with Gasteiger partial charge in [-0.1, -0.05) is 37.5 Å². The predicted octanol–water partition coefficient (Wildman–Crippen LogP) is 4.27. The Morgan fingerprint density at radius 1 is 1.27 bits per heavy atom. The normalized spacial score (nSPS) is 26.0. The average Bonchev–Trinajstić information content (AvgIpc) is 2.88. The van der Waals surface area contributed by atoms with Crippen molar-refractivity contribution in [1.29, 1.82) is 0 Å². The van der Waals surface area contributed by atoms with Crippen LogP contribution in [0.1, 0.15) is 51.9 Å². The van der Waals surface area contributed by atoms with Gasteiger partial charge >= 0.3 is 0 Å². The lowest BCUT2D eigenvalue weighted by atomic mass is 9.70. The maximum Gasteiger partial charge on any atom is 0.289 e. The van der Waals surface area contributed by atoms with E-state index in [0.717, 1.165) is 32.1 Å². The number of rotatable bonds is 5. The summed E-state index contributed by atoms with van der Waals surface area (Å²) < 4.78 is 28.4. The lowest BCUT2D eigenvalue weighted by Gasteiger charge is -2.34. The van der Waals surface area contributed by atoms with E-state index in [4.69, 9.17) is 0 Å². The van der Waals surface area contributed by atoms with Gasteiger partial charge in [0.2, 0.25) is 10.0 Å². The molecule has 2 aliphatic rings. The summed E-state index contributed by atoms with van der Waals surface area (Å²) in [5.74, 6) is 0. The van der Waals surface area contributed by atoms with Gasteiger partial charge in [0.15, 0.2) is 4.90 Å². The number of nitrogens with zero attached hydrogens (tertiary/aromatic N) is 2. The molecule has 0 N–H and O–H groups in total. The molecule has 1 aliphatic heterocycles. The molecule has 1 aliphatic carbocycles. The SMILES string of the molecule is C=CCC1(C)CC2(CCCCC2)CN1S(=O)(=O)c1ccccc1[N+](=O)[O-]. The largest absolute Gasteiger partial charge is 0.289 e. The van der Waals surface area contributed by atoms with Crippen LogP contribution in [-0.4, -0.2) is 29.7 Å². The Hall–Kier alpha value is -1.73. The van der Waals surface area contributed by atoms with Gasteiger partial charge in [-0.3, -0.25) is 10.1 Å². The number of sulfonamides is 1. The predicted molar refractivity (Wildman–Crippen MR) is 100 cm³/mol. The molecule has 142 valence electrons. The minimum absolute atomic E-state index is 0.0212. The molecule has 1 aromatic rings. The van der Waals surface area contributed by atoms with Crippen LogP contribution < -0.4 is 0 Å². The molecule has 1 aromatic carbocycles. The van der Waals surface area contributed by atoms with Crippen molar-refractivity contribution in [1.82, 2.24) is 4.31 Å². The Kier molecular flexibility index (Phi) is 4.96. The quantitative estimate of drug-likeness (QED) is 0.435. The first kappa shape index (κ1) is 19.0. The van der Waals surface area contributed by atoms with E-state index in [2.05, 4.69) is 6.58 Å². The molecule has 1 spiro atoms. The van der Waals surface area contributed by atoms with E-state index >= 15 is 0 Å². The van der Waals surface area contributed by atoms with Gasteiger partial charge in [0.1, 0.15) is 0 Å². The molecule has 1 saturated carbocycles. The van der Waals surface area contributed by atoms with Crippen LogP contribution in [0.2, 0.25) is 0 Å². The van der Waals surface area contributed by atoms with E-state index in [-0.39, 0.29) is 16.0 Å². The molecule has 1 unspecified atom stereocenters. The van der Waals surface area contributed by atoms with Crippen molar-refractivity contribution in [2.75, 3.05) is 6.54 Å². The highest BCUT2D eigenvalue weighted by molar-refractivity contribution is 7.89. The van der Waals surface area contributed by atoms with Crippen LogP contribution in [0, 0.1) is 15.5 Å². The monoisotopic (exact) mass is 378 g/mol. The van der Waals surface area contributed by atoms with Gasteiger partial charge in [-0.2, -0.15) is 4.31 Å². The fraction of sp³-hybridized carbons (Fsp3) is 0.579. The summed E-state index contributed by atoms with van der Waals surface area (Å²) in [6.07, 6.45) is 8.53. The molecule has 0 amide bonds. The average molecular weight is 378 g/mol. The summed E-state index contributed by atoms with van der Waals surface area (Å²) in [6.45, 7) is 6.19. The molecule has 0 bridgehead atoms. The van der Waals surface area contributed by atoms with E-state index < -0.39 is 20.5 Å². The molecular formula is C19H26N2O4S. The highest BCUT2D eigenvalue weighted by Crippen LogP contribution is 2.53. The van der Waals surface area contributed by atoms with Gasteiger partial charge in [-0.15, -0.1) is 6.58 Å². The molecular weight excluding hydrogens is 352 g/mol. The van der Waals surface area contributed by atoms with E-state index in [0.29, 0.717) is 13.0 Å². The summed E-state index contributed by atoms with van der Waals surface area (Å²) >= 11 is 0. The fourth-order valence-electron chi connectivity index (χ4n) is 4.89. The van der Waals surface area contributed by atoms with Crippen LogP contribution in [0.15, 0.2) is 41.8 Å². The van der Waals surface area contributed by atoms with Crippen molar-refractivity contribution >= 4 is 15.7 Å². The molecule has 0 aromatic heterocycles. The second-order valence-electron chi connectivity index (χ2n) is 7.96. The van der Waals surface area contributed by atoms with E-state index in [9.17, 15) is 18.5 Å². The summed E-state index contributed by atoms with van der Waals surface area (Å²) in [5.41, 5.74) is -0.980. The maximum absolute atomic E-state index is 13.5. The Balaban J connectivity index is 2.07. The van der Waals surface area contributed by atoms with Crippen molar-refractivity contribution in [3.8, 4) is 0 Å². The fourth-order valence-corrected chi connectivity index (χ4v) is 6.95. The lowest BCUT2D eigenvalue weighted by molar-refractivity contribution is -0.387. The zero-order valence-corrected chi connectivity index (χ0v) is 16.0. The number of hydrogen-bond donors (Lipinski definition) is 0. The minimum atomic E-state index is -3.98. The first-order valence-electron chi connectivity index (χ1n) is 9.11. The molecule has 6 nitrogen and oxygen atoms in total. The highest BCUT2D eigenvalue weighted by atomic mass is 32.2. The summed E-state index contributed by atoms with van der Waals surface area (Å²) in [4.78, 5) is 10.5. The van der Waals surface area contributed by atoms with Gasteiger partial charge in [-0.25, -0.2) is 8.42 Å². The van der Waals surface area contributed by atoms with Crippen molar-refractivity contribution in [3.05, 3.63) is 47.0 Å². The Bertz CT molecular complexity index is 815. The summed E-state index contributed by atoms with van der Waals surface area (Å²) in [6, 6.07) is 5.63. The molecule has 26 heavy (non-hydrogen) atoms. The van der Waals surface area contributed by atoms with Gasteiger partial charge < -0.3 is 0 Å². The Morgan fingerprint density at radius 3 is 2.54 bits per heavy atom. The van der Waals surface area contributed by atoms with Crippen LogP contribution in [0.25, 0.3) is 0 Å².